The number of benzene rings is 1. The number of hydrogen-bond donors (Lipinski definition) is 3. The summed E-state index contributed by atoms with van der Waals surface area (Å²) < 4.78 is 0. The molecule has 0 aromatic heterocycles. The number of likely N-dealkylation sites (tertiary alicyclic amines) is 1. The van der Waals surface area contributed by atoms with Crippen molar-refractivity contribution in [3.63, 3.8) is 0 Å². The van der Waals surface area contributed by atoms with Crippen LogP contribution in [0.5, 0.6) is 0 Å². The molecule has 32 heavy (non-hydrogen) atoms. The monoisotopic (exact) mass is 575 g/mol. The Kier molecular flexibility index (Phi) is 11.0. The first kappa shape index (κ1) is 26.7. The standard InChI is InChI=1S/C23H34ClN5O2.HI/c1-3-25-23(26-13-11-21(30)28-20-10-6-9-19(24)16(20)2)27-18-12-14-29(15-18)22(31)17-7-4-5-8-17;/h6,9-10,17-18H,3-5,7-8,11-15H2,1-2H3,(H,28,30)(H2,25,26,27);1H. The van der Waals surface area contributed by atoms with Crippen LogP contribution in [0.2, 0.25) is 5.02 Å². The van der Waals surface area contributed by atoms with Gasteiger partial charge in [-0.2, -0.15) is 0 Å². The molecule has 0 spiro atoms. The molecule has 2 aliphatic rings. The van der Waals surface area contributed by atoms with Crippen molar-refractivity contribution in [1.82, 2.24) is 15.5 Å². The Balaban J connectivity index is 0.00000363. The van der Waals surface area contributed by atoms with Gasteiger partial charge >= 0.3 is 0 Å². The minimum atomic E-state index is -0.0980. The van der Waals surface area contributed by atoms with E-state index in [9.17, 15) is 9.59 Å². The van der Waals surface area contributed by atoms with Crippen LogP contribution in [0.1, 0.15) is 51.0 Å². The molecule has 1 aliphatic heterocycles. The van der Waals surface area contributed by atoms with E-state index in [2.05, 4.69) is 20.9 Å². The molecule has 1 saturated heterocycles. The van der Waals surface area contributed by atoms with Crippen LogP contribution in [0.3, 0.4) is 0 Å². The first-order valence-electron chi connectivity index (χ1n) is 11.4. The molecular formula is C23H35ClIN5O2. The number of anilines is 1. The largest absolute Gasteiger partial charge is 0.357 e. The minimum Gasteiger partial charge on any atom is -0.357 e. The second-order valence-electron chi connectivity index (χ2n) is 8.37. The fraction of sp³-hybridized carbons (Fsp3) is 0.609. The van der Waals surface area contributed by atoms with Crippen LogP contribution >= 0.6 is 35.6 Å². The second-order valence-corrected chi connectivity index (χ2v) is 8.77. The highest BCUT2D eigenvalue weighted by Gasteiger charge is 2.32. The Morgan fingerprint density at radius 2 is 1.97 bits per heavy atom. The molecule has 1 unspecified atom stereocenters. The summed E-state index contributed by atoms with van der Waals surface area (Å²) in [4.78, 5) is 31.5. The summed E-state index contributed by atoms with van der Waals surface area (Å²) in [7, 11) is 0. The van der Waals surface area contributed by atoms with Gasteiger partial charge in [-0.25, -0.2) is 0 Å². The Labute approximate surface area is 213 Å². The van der Waals surface area contributed by atoms with Gasteiger partial charge in [0.15, 0.2) is 5.96 Å². The van der Waals surface area contributed by atoms with Gasteiger partial charge in [0.2, 0.25) is 11.8 Å². The molecule has 2 fully saturated rings. The fourth-order valence-corrected chi connectivity index (χ4v) is 4.42. The summed E-state index contributed by atoms with van der Waals surface area (Å²) in [5, 5.41) is 10.2. The third-order valence-electron chi connectivity index (χ3n) is 6.04. The first-order chi connectivity index (χ1) is 15.0. The molecule has 3 rings (SSSR count). The van der Waals surface area contributed by atoms with Crippen molar-refractivity contribution >= 4 is 59.0 Å². The van der Waals surface area contributed by atoms with Crippen molar-refractivity contribution in [2.24, 2.45) is 10.9 Å². The number of rotatable bonds is 7. The molecule has 178 valence electrons. The van der Waals surface area contributed by atoms with E-state index in [1.54, 1.807) is 6.07 Å². The van der Waals surface area contributed by atoms with Gasteiger partial charge in [-0.05, 0) is 50.8 Å². The summed E-state index contributed by atoms with van der Waals surface area (Å²) in [6.45, 7) is 6.51. The van der Waals surface area contributed by atoms with Crippen LogP contribution in [0, 0.1) is 12.8 Å². The van der Waals surface area contributed by atoms with Crippen LogP contribution in [0.15, 0.2) is 23.2 Å². The SMILES string of the molecule is CCNC(=NCCC(=O)Nc1cccc(Cl)c1C)NC1CCN(C(=O)C2CCCC2)C1.I. The lowest BCUT2D eigenvalue weighted by Gasteiger charge is -2.21. The Hall–Kier alpha value is -1.55. The van der Waals surface area contributed by atoms with E-state index in [-0.39, 0.29) is 48.3 Å². The molecule has 1 heterocycles. The zero-order valence-electron chi connectivity index (χ0n) is 19.0. The van der Waals surface area contributed by atoms with Gasteiger partial charge in [-0.1, -0.05) is 30.5 Å². The van der Waals surface area contributed by atoms with Gasteiger partial charge in [-0.3, -0.25) is 14.6 Å². The van der Waals surface area contributed by atoms with Crippen molar-refractivity contribution in [3.05, 3.63) is 28.8 Å². The molecule has 1 atom stereocenters. The molecule has 0 bridgehead atoms. The van der Waals surface area contributed by atoms with E-state index < -0.39 is 0 Å². The van der Waals surface area contributed by atoms with Crippen molar-refractivity contribution in [2.75, 3.05) is 31.5 Å². The van der Waals surface area contributed by atoms with Gasteiger partial charge in [0.05, 0.1) is 6.54 Å². The summed E-state index contributed by atoms with van der Waals surface area (Å²) in [5.41, 5.74) is 1.58. The lowest BCUT2D eigenvalue weighted by molar-refractivity contribution is -0.134. The maximum Gasteiger partial charge on any atom is 0.226 e. The van der Waals surface area contributed by atoms with Gasteiger partial charge in [-0.15, -0.1) is 24.0 Å². The molecular weight excluding hydrogens is 541 g/mol. The van der Waals surface area contributed by atoms with E-state index in [0.29, 0.717) is 30.0 Å². The number of halogens is 2. The third-order valence-corrected chi connectivity index (χ3v) is 6.45. The average molecular weight is 576 g/mol. The lowest BCUT2D eigenvalue weighted by Crippen LogP contribution is -2.45. The number of aliphatic imine (C=N–C) groups is 1. The molecule has 7 nitrogen and oxygen atoms in total. The molecule has 3 N–H and O–H groups in total. The van der Waals surface area contributed by atoms with Gasteiger partial charge < -0.3 is 20.9 Å². The maximum absolute atomic E-state index is 12.6. The number of guanidine groups is 1. The number of hydrogen-bond acceptors (Lipinski definition) is 3. The van der Waals surface area contributed by atoms with Crippen LogP contribution in [-0.4, -0.2) is 54.9 Å². The van der Waals surface area contributed by atoms with Crippen LogP contribution in [0.25, 0.3) is 0 Å². The Morgan fingerprint density at radius 3 is 2.69 bits per heavy atom. The van der Waals surface area contributed by atoms with E-state index >= 15 is 0 Å². The maximum atomic E-state index is 12.6. The zero-order valence-corrected chi connectivity index (χ0v) is 22.0. The van der Waals surface area contributed by atoms with E-state index in [0.717, 1.165) is 43.6 Å². The number of amides is 2. The predicted molar refractivity (Wildman–Crippen MR) is 141 cm³/mol. The summed E-state index contributed by atoms with van der Waals surface area (Å²) >= 11 is 6.11. The van der Waals surface area contributed by atoms with Crippen molar-refractivity contribution in [3.8, 4) is 0 Å². The summed E-state index contributed by atoms with van der Waals surface area (Å²) in [5.74, 6) is 1.13. The smallest absolute Gasteiger partial charge is 0.226 e. The van der Waals surface area contributed by atoms with E-state index in [1.165, 1.54) is 12.8 Å². The normalized spacial score (nSPS) is 18.9. The topological polar surface area (TPSA) is 85.8 Å². The van der Waals surface area contributed by atoms with Crippen LogP contribution in [-0.2, 0) is 9.59 Å². The number of carbonyl (C=O) groups is 2. The second kappa shape index (κ2) is 13.2. The first-order valence-corrected chi connectivity index (χ1v) is 11.7. The quantitative estimate of drug-likeness (QED) is 0.261. The third kappa shape index (κ3) is 7.50. The van der Waals surface area contributed by atoms with Gasteiger partial charge in [0.25, 0.3) is 0 Å². The molecule has 1 saturated carbocycles. The van der Waals surface area contributed by atoms with Gasteiger partial charge in [0.1, 0.15) is 0 Å². The molecule has 1 aromatic carbocycles. The number of nitrogens with zero attached hydrogens (tertiary/aromatic N) is 2. The van der Waals surface area contributed by atoms with Crippen molar-refractivity contribution in [2.45, 2.75) is 58.4 Å². The van der Waals surface area contributed by atoms with Crippen LogP contribution < -0.4 is 16.0 Å². The minimum absolute atomic E-state index is 0. The van der Waals surface area contributed by atoms with Gasteiger partial charge in [0, 0.05) is 48.7 Å². The predicted octanol–water partition coefficient (Wildman–Crippen LogP) is 3.94. The molecule has 9 heteroatoms. The Bertz CT molecular complexity index is 814. The van der Waals surface area contributed by atoms with Crippen LogP contribution in [0.4, 0.5) is 5.69 Å². The van der Waals surface area contributed by atoms with Crippen molar-refractivity contribution < 1.29 is 9.59 Å². The molecule has 1 aromatic rings. The highest BCUT2D eigenvalue weighted by Crippen LogP contribution is 2.28. The molecule has 2 amide bonds. The average Bonchev–Trinajstić information content (AvgIpc) is 3.43. The lowest BCUT2D eigenvalue weighted by atomic mass is 10.1. The van der Waals surface area contributed by atoms with E-state index in [1.807, 2.05) is 30.9 Å². The highest BCUT2D eigenvalue weighted by molar-refractivity contribution is 14.0. The summed E-state index contributed by atoms with van der Waals surface area (Å²) in [6.07, 6.45) is 5.61. The Morgan fingerprint density at radius 1 is 1.22 bits per heavy atom. The number of carbonyl (C=O) groups excluding carboxylic acids is 2. The van der Waals surface area contributed by atoms with Crippen molar-refractivity contribution in [1.29, 1.82) is 0 Å². The number of nitrogens with one attached hydrogen (secondary N) is 3. The summed E-state index contributed by atoms with van der Waals surface area (Å²) in [6, 6.07) is 5.65. The molecule has 0 radical (unpaired) electrons. The molecule has 1 aliphatic carbocycles. The fourth-order valence-electron chi connectivity index (χ4n) is 4.25. The zero-order chi connectivity index (χ0) is 22.2. The highest BCUT2D eigenvalue weighted by atomic mass is 127. The van der Waals surface area contributed by atoms with E-state index in [4.69, 9.17) is 11.6 Å².